The smallest absolute Gasteiger partial charge is 0.311 e. The number of carbonyl (C=O) groups excluding carboxylic acids is 1. The van der Waals surface area contributed by atoms with Gasteiger partial charge in [0.15, 0.2) is 5.75 Å². The maximum absolute atomic E-state index is 12.9. The zero-order valence-corrected chi connectivity index (χ0v) is 18.7. The first-order valence-electron chi connectivity index (χ1n) is 10.9. The number of nitro groups is 2. The number of nitrogens with zero attached hydrogens (tertiary/aromatic N) is 5. The van der Waals surface area contributed by atoms with Crippen LogP contribution in [0.1, 0.15) is 10.4 Å². The van der Waals surface area contributed by atoms with Gasteiger partial charge in [0.25, 0.3) is 11.6 Å². The first-order chi connectivity index (χ1) is 16.4. The molecule has 0 aliphatic carbocycles. The standard InChI is InChI=1S/C22H25N5O7/c1-33-21-5-2-16(14-20(21)27(31)32)22(28)25-8-6-23(7-9-25)17-3-4-18(26(29)30)19(15-17)24-10-12-34-13-11-24/h2-5,14-15H,6-13H2,1H3. The van der Waals surface area contributed by atoms with Crippen molar-refractivity contribution in [2.75, 3.05) is 69.4 Å². The van der Waals surface area contributed by atoms with Crippen molar-refractivity contribution in [2.45, 2.75) is 0 Å². The highest BCUT2D eigenvalue weighted by Crippen LogP contribution is 2.34. The maximum atomic E-state index is 12.9. The van der Waals surface area contributed by atoms with E-state index in [1.807, 2.05) is 11.0 Å². The molecule has 0 spiro atoms. The quantitative estimate of drug-likeness (QED) is 0.460. The van der Waals surface area contributed by atoms with Crippen LogP contribution in [0.3, 0.4) is 0 Å². The molecule has 0 aromatic heterocycles. The molecule has 2 aliphatic heterocycles. The predicted molar refractivity (Wildman–Crippen MR) is 124 cm³/mol. The predicted octanol–water partition coefficient (Wildman–Crippen LogP) is 2.31. The number of anilines is 2. The Morgan fingerprint density at radius 3 is 2.18 bits per heavy atom. The number of hydrogen-bond acceptors (Lipinski definition) is 9. The van der Waals surface area contributed by atoms with Crippen LogP contribution in [0.4, 0.5) is 22.7 Å². The number of piperazine rings is 1. The number of rotatable bonds is 6. The molecule has 0 saturated carbocycles. The van der Waals surface area contributed by atoms with Gasteiger partial charge in [-0.05, 0) is 24.3 Å². The second kappa shape index (κ2) is 9.91. The van der Waals surface area contributed by atoms with Crippen molar-refractivity contribution in [3.05, 3.63) is 62.2 Å². The minimum Gasteiger partial charge on any atom is -0.490 e. The van der Waals surface area contributed by atoms with Crippen molar-refractivity contribution in [3.8, 4) is 5.75 Å². The third-order valence-electron chi connectivity index (χ3n) is 6.06. The molecule has 0 unspecified atom stereocenters. The van der Waals surface area contributed by atoms with E-state index in [0.717, 1.165) is 5.69 Å². The highest BCUT2D eigenvalue weighted by atomic mass is 16.6. The third-order valence-corrected chi connectivity index (χ3v) is 6.06. The number of methoxy groups -OCH3 is 1. The van der Waals surface area contributed by atoms with E-state index in [9.17, 15) is 25.0 Å². The fourth-order valence-electron chi connectivity index (χ4n) is 4.24. The summed E-state index contributed by atoms with van der Waals surface area (Å²) in [6.07, 6.45) is 0. The summed E-state index contributed by atoms with van der Waals surface area (Å²) in [6, 6.07) is 9.25. The van der Waals surface area contributed by atoms with E-state index in [0.29, 0.717) is 58.2 Å². The van der Waals surface area contributed by atoms with Crippen LogP contribution in [0.5, 0.6) is 5.75 Å². The third kappa shape index (κ3) is 4.71. The summed E-state index contributed by atoms with van der Waals surface area (Å²) < 4.78 is 10.4. The lowest BCUT2D eigenvalue weighted by atomic mass is 10.1. The van der Waals surface area contributed by atoms with E-state index in [1.165, 1.54) is 31.4 Å². The molecule has 180 valence electrons. The van der Waals surface area contributed by atoms with Gasteiger partial charge in [-0.3, -0.25) is 25.0 Å². The Kier molecular flexibility index (Phi) is 6.77. The van der Waals surface area contributed by atoms with Crippen molar-refractivity contribution >= 4 is 28.7 Å². The normalized spacial score (nSPS) is 16.3. The zero-order valence-electron chi connectivity index (χ0n) is 18.7. The van der Waals surface area contributed by atoms with Crippen molar-refractivity contribution < 1.29 is 24.1 Å². The van der Waals surface area contributed by atoms with Crippen LogP contribution >= 0.6 is 0 Å². The fraction of sp³-hybridized carbons (Fsp3) is 0.409. The molecule has 4 rings (SSSR count). The number of morpholine rings is 1. The van der Waals surface area contributed by atoms with Gasteiger partial charge in [0.05, 0.1) is 30.2 Å². The summed E-state index contributed by atoms with van der Waals surface area (Å²) in [6.45, 7) is 4.11. The molecule has 2 fully saturated rings. The molecule has 0 radical (unpaired) electrons. The summed E-state index contributed by atoms with van der Waals surface area (Å²) in [5, 5.41) is 22.8. The second-order valence-electron chi connectivity index (χ2n) is 7.95. The Morgan fingerprint density at radius 2 is 1.56 bits per heavy atom. The molecule has 2 heterocycles. The summed E-state index contributed by atoms with van der Waals surface area (Å²) in [5.74, 6) is -0.191. The zero-order chi connectivity index (χ0) is 24.2. The molecule has 0 N–H and O–H groups in total. The minimum absolute atomic E-state index is 0.0561. The van der Waals surface area contributed by atoms with Gasteiger partial charge in [-0.1, -0.05) is 0 Å². The monoisotopic (exact) mass is 471 g/mol. The maximum Gasteiger partial charge on any atom is 0.311 e. The lowest BCUT2D eigenvalue weighted by Crippen LogP contribution is -2.48. The Morgan fingerprint density at radius 1 is 0.882 bits per heavy atom. The first kappa shape index (κ1) is 23.2. The lowest BCUT2D eigenvalue weighted by Gasteiger charge is -2.37. The molecule has 12 nitrogen and oxygen atoms in total. The van der Waals surface area contributed by atoms with Gasteiger partial charge < -0.3 is 24.2 Å². The van der Waals surface area contributed by atoms with Crippen LogP contribution in [0.2, 0.25) is 0 Å². The van der Waals surface area contributed by atoms with Crippen LogP contribution in [0.25, 0.3) is 0 Å². The van der Waals surface area contributed by atoms with Gasteiger partial charge in [0, 0.05) is 62.7 Å². The van der Waals surface area contributed by atoms with E-state index >= 15 is 0 Å². The van der Waals surface area contributed by atoms with E-state index in [1.54, 1.807) is 11.0 Å². The van der Waals surface area contributed by atoms with E-state index in [-0.39, 0.29) is 33.5 Å². The Labute approximate surface area is 195 Å². The van der Waals surface area contributed by atoms with Crippen molar-refractivity contribution in [1.82, 2.24) is 4.90 Å². The SMILES string of the molecule is COc1ccc(C(=O)N2CCN(c3ccc([N+](=O)[O-])c(N4CCOCC4)c3)CC2)cc1[N+](=O)[O-]. The van der Waals surface area contributed by atoms with Crippen molar-refractivity contribution in [3.63, 3.8) is 0 Å². The molecule has 0 atom stereocenters. The largest absolute Gasteiger partial charge is 0.490 e. The molecular weight excluding hydrogens is 446 g/mol. The van der Waals surface area contributed by atoms with E-state index in [2.05, 4.69) is 4.90 Å². The Bertz CT molecular complexity index is 1100. The van der Waals surface area contributed by atoms with Crippen LogP contribution in [0.15, 0.2) is 36.4 Å². The van der Waals surface area contributed by atoms with E-state index < -0.39 is 4.92 Å². The molecule has 0 bridgehead atoms. The van der Waals surface area contributed by atoms with Gasteiger partial charge >= 0.3 is 5.69 Å². The molecule has 1 amide bonds. The van der Waals surface area contributed by atoms with Crippen LogP contribution in [-0.4, -0.2) is 80.2 Å². The number of carbonyl (C=O) groups is 1. The molecule has 12 heteroatoms. The summed E-state index contributed by atoms with van der Waals surface area (Å²) in [7, 11) is 1.34. The molecule has 2 aromatic rings. The Balaban J connectivity index is 1.47. The second-order valence-corrected chi connectivity index (χ2v) is 7.95. The average Bonchev–Trinajstić information content (AvgIpc) is 2.88. The summed E-state index contributed by atoms with van der Waals surface area (Å²) in [4.78, 5) is 40.5. The number of hydrogen-bond donors (Lipinski definition) is 0. The number of nitro benzene ring substituents is 2. The minimum atomic E-state index is -0.575. The van der Waals surface area contributed by atoms with Gasteiger partial charge in [-0.2, -0.15) is 0 Å². The highest BCUT2D eigenvalue weighted by molar-refractivity contribution is 5.95. The van der Waals surface area contributed by atoms with Gasteiger partial charge in [-0.25, -0.2) is 0 Å². The first-order valence-corrected chi connectivity index (χ1v) is 10.9. The molecule has 2 aliphatic rings. The Hall–Kier alpha value is -3.93. The van der Waals surface area contributed by atoms with Crippen LogP contribution < -0.4 is 14.5 Å². The summed E-state index contributed by atoms with van der Waals surface area (Å²) in [5.41, 5.74) is 1.44. The van der Waals surface area contributed by atoms with Gasteiger partial charge in [-0.15, -0.1) is 0 Å². The average molecular weight is 471 g/mol. The lowest BCUT2D eigenvalue weighted by molar-refractivity contribution is -0.385. The summed E-state index contributed by atoms with van der Waals surface area (Å²) >= 11 is 0. The molecule has 2 aromatic carbocycles. The van der Waals surface area contributed by atoms with E-state index in [4.69, 9.17) is 9.47 Å². The molecule has 2 saturated heterocycles. The number of ether oxygens (including phenoxy) is 2. The number of amides is 1. The topological polar surface area (TPSA) is 132 Å². The fourth-order valence-corrected chi connectivity index (χ4v) is 4.24. The van der Waals surface area contributed by atoms with Gasteiger partial charge in [0.2, 0.25) is 0 Å². The highest BCUT2D eigenvalue weighted by Gasteiger charge is 2.27. The van der Waals surface area contributed by atoms with Crippen LogP contribution in [-0.2, 0) is 4.74 Å². The van der Waals surface area contributed by atoms with Crippen molar-refractivity contribution in [2.24, 2.45) is 0 Å². The van der Waals surface area contributed by atoms with Gasteiger partial charge in [0.1, 0.15) is 5.69 Å². The van der Waals surface area contributed by atoms with Crippen LogP contribution in [0, 0.1) is 20.2 Å². The number of benzene rings is 2. The molecule has 34 heavy (non-hydrogen) atoms. The molecular formula is C22H25N5O7. The van der Waals surface area contributed by atoms with Crippen molar-refractivity contribution in [1.29, 1.82) is 0 Å².